The molecule has 0 radical (unpaired) electrons. The summed E-state index contributed by atoms with van der Waals surface area (Å²) >= 11 is 6.84. The monoisotopic (exact) mass is 622 g/mol. The van der Waals surface area contributed by atoms with Crippen LogP contribution in [-0.2, 0) is 14.1 Å². The molecule has 0 bridgehead atoms. The number of carbonyl (C=O) groups is 1. The van der Waals surface area contributed by atoms with Crippen LogP contribution in [0.2, 0.25) is 0 Å². The Kier molecular flexibility index (Phi) is 8.92. The van der Waals surface area contributed by atoms with Crippen molar-refractivity contribution in [1.29, 1.82) is 0 Å². The van der Waals surface area contributed by atoms with E-state index in [2.05, 4.69) is 31.9 Å². The van der Waals surface area contributed by atoms with Crippen molar-refractivity contribution in [3.8, 4) is 23.0 Å². The zero-order valence-electron chi connectivity index (χ0n) is 19.8. The lowest BCUT2D eigenvalue weighted by atomic mass is 9.97. The van der Waals surface area contributed by atoms with Gasteiger partial charge in [0.25, 0.3) is 0 Å². The highest BCUT2D eigenvalue weighted by Gasteiger charge is 2.49. The molecule has 0 heterocycles. The quantitative estimate of drug-likeness (QED) is 0.219. The third kappa shape index (κ3) is 6.98. The number of esters is 1. The summed E-state index contributed by atoms with van der Waals surface area (Å²) in [5, 5.41) is 7.84. The lowest BCUT2D eigenvalue weighted by molar-refractivity contribution is -0.164. The molecule has 0 aliphatic rings. The zero-order valence-corrected chi connectivity index (χ0v) is 23.8. The van der Waals surface area contributed by atoms with E-state index < -0.39 is 30.9 Å². The average molecular weight is 624 g/mol. The summed E-state index contributed by atoms with van der Waals surface area (Å²) in [5.74, 6) is 0.727. The molecule has 0 fully saturated rings. The molecule has 0 aromatic heterocycles. The van der Waals surface area contributed by atoms with Gasteiger partial charge in [0.05, 0.1) is 14.4 Å². The first-order valence-corrected chi connectivity index (χ1v) is 13.6. The number of phenolic OH excluding ortho intramolecular Hbond substituents is 1. The number of hydrogen-bond acceptors (Lipinski definition) is 6. The van der Waals surface area contributed by atoms with Gasteiger partial charge in [-0.25, -0.2) is 0 Å². The molecule has 0 spiro atoms. The van der Waals surface area contributed by atoms with Crippen LogP contribution in [0.15, 0.2) is 39.3 Å². The molecule has 8 nitrogen and oxygen atoms in total. The van der Waals surface area contributed by atoms with Crippen LogP contribution in [0.5, 0.6) is 23.0 Å². The van der Waals surface area contributed by atoms with Gasteiger partial charge >= 0.3 is 13.6 Å². The molecule has 0 saturated carbocycles. The van der Waals surface area contributed by atoms with Gasteiger partial charge in [-0.3, -0.25) is 9.36 Å². The molecule has 188 valence electrons. The fourth-order valence-electron chi connectivity index (χ4n) is 2.64. The number of halogens is 2. The van der Waals surface area contributed by atoms with Gasteiger partial charge in [0.2, 0.25) is 5.34 Å². The summed E-state index contributed by atoms with van der Waals surface area (Å²) in [4.78, 5) is 31.9. The first kappa shape index (κ1) is 28.7. The molecule has 2 aromatic carbocycles. The van der Waals surface area contributed by atoms with Crippen LogP contribution < -0.4 is 9.47 Å². The van der Waals surface area contributed by atoms with Crippen molar-refractivity contribution >= 4 is 45.4 Å². The van der Waals surface area contributed by atoms with Crippen LogP contribution >= 0.6 is 39.5 Å². The number of phenols is 1. The van der Waals surface area contributed by atoms with Crippen LogP contribution in [0.3, 0.4) is 0 Å². The zero-order chi connectivity index (χ0) is 26.1. The summed E-state index contributed by atoms with van der Waals surface area (Å²) in [6.07, 6.45) is 0. The van der Waals surface area contributed by atoms with Crippen LogP contribution in [0.25, 0.3) is 0 Å². The molecule has 2 rings (SSSR count). The molecule has 3 N–H and O–H groups in total. The minimum atomic E-state index is -4.88. The Labute approximate surface area is 216 Å². The molecule has 1 unspecified atom stereocenters. The molecule has 0 saturated heterocycles. The number of aromatic hydroxyl groups is 1. The Morgan fingerprint density at radius 1 is 1.03 bits per heavy atom. The van der Waals surface area contributed by atoms with Crippen molar-refractivity contribution in [3.63, 3.8) is 0 Å². The Bertz CT molecular complexity index is 1080. The van der Waals surface area contributed by atoms with Gasteiger partial charge < -0.3 is 29.1 Å². The maximum Gasteiger partial charge on any atom is 0.372 e. The SMILES string of the molecule is CC(C)c1cc(Oc2c(Br)cc(OCC(C)(OC(=O)C(C)(C)C)P(=O)(O)O)cc2Br)ccc1O. The smallest absolute Gasteiger partial charge is 0.372 e. The summed E-state index contributed by atoms with van der Waals surface area (Å²) in [5.41, 5.74) is -0.211. The number of benzene rings is 2. The minimum Gasteiger partial charge on any atom is -0.508 e. The second kappa shape index (κ2) is 10.6. The highest BCUT2D eigenvalue weighted by Crippen LogP contribution is 2.52. The maximum atomic E-state index is 12.3. The van der Waals surface area contributed by atoms with Crippen molar-refractivity contribution < 1.29 is 38.5 Å². The van der Waals surface area contributed by atoms with Crippen LogP contribution in [-0.4, -0.2) is 32.8 Å². The highest BCUT2D eigenvalue weighted by molar-refractivity contribution is 9.11. The third-order valence-electron chi connectivity index (χ3n) is 4.86. The average Bonchev–Trinajstić information content (AvgIpc) is 2.68. The van der Waals surface area contributed by atoms with E-state index in [9.17, 15) is 24.3 Å². The van der Waals surface area contributed by atoms with Crippen molar-refractivity contribution in [3.05, 3.63) is 44.8 Å². The van der Waals surface area contributed by atoms with Gasteiger partial charge in [-0.1, -0.05) is 13.8 Å². The standard InChI is InChI=1S/C23H29Br2O8P/c1-13(2)16-9-14(7-8-19(16)26)32-20-17(24)10-15(11-18(20)25)31-12-23(6,34(28,29)30)33-21(27)22(3,4)5/h7-11,13,26H,12H2,1-6H3,(H2,28,29,30). The van der Waals surface area contributed by atoms with Gasteiger partial charge in [0.15, 0.2) is 5.75 Å². The predicted molar refractivity (Wildman–Crippen MR) is 136 cm³/mol. The summed E-state index contributed by atoms with van der Waals surface area (Å²) in [6.45, 7) is 9.23. The molecule has 0 aliphatic carbocycles. The molecule has 34 heavy (non-hydrogen) atoms. The summed E-state index contributed by atoms with van der Waals surface area (Å²) in [7, 11) is -4.88. The minimum absolute atomic E-state index is 0.0990. The van der Waals surface area contributed by atoms with Crippen molar-refractivity contribution in [2.75, 3.05) is 6.61 Å². The van der Waals surface area contributed by atoms with E-state index in [1.165, 1.54) is 0 Å². The fraction of sp³-hybridized carbons (Fsp3) is 0.435. The molecule has 1 atom stereocenters. The van der Waals surface area contributed by atoms with Crippen LogP contribution in [0, 0.1) is 5.41 Å². The van der Waals surface area contributed by atoms with Crippen molar-refractivity contribution in [1.82, 2.24) is 0 Å². The Balaban J connectivity index is 2.26. The van der Waals surface area contributed by atoms with Crippen molar-refractivity contribution in [2.45, 2.75) is 52.8 Å². The number of hydrogen-bond donors (Lipinski definition) is 3. The topological polar surface area (TPSA) is 123 Å². The van der Waals surface area contributed by atoms with E-state index in [1.54, 1.807) is 51.1 Å². The Morgan fingerprint density at radius 3 is 2.06 bits per heavy atom. The first-order valence-electron chi connectivity index (χ1n) is 10.4. The summed E-state index contributed by atoms with van der Waals surface area (Å²) < 4.78 is 29.9. The normalized spacial score (nSPS) is 14.0. The van der Waals surface area contributed by atoms with Gasteiger partial charge in [-0.15, -0.1) is 0 Å². The van der Waals surface area contributed by atoms with Gasteiger partial charge in [-0.05, 0) is 95.8 Å². The maximum absolute atomic E-state index is 12.3. The van der Waals surface area contributed by atoms with E-state index in [1.807, 2.05) is 13.8 Å². The molecule has 2 aromatic rings. The predicted octanol–water partition coefficient (Wildman–Crippen LogP) is 6.69. The second-order valence-corrected chi connectivity index (χ2v) is 13.1. The van der Waals surface area contributed by atoms with Crippen molar-refractivity contribution in [2.24, 2.45) is 5.41 Å². The Hall–Kier alpha value is -1.58. The van der Waals surface area contributed by atoms with Crippen LogP contribution in [0.4, 0.5) is 0 Å². The third-order valence-corrected chi connectivity index (χ3v) is 7.49. The van der Waals surface area contributed by atoms with Gasteiger partial charge in [0.1, 0.15) is 23.9 Å². The highest BCUT2D eigenvalue weighted by atomic mass is 79.9. The molecular weight excluding hydrogens is 595 g/mol. The summed E-state index contributed by atoms with van der Waals surface area (Å²) in [6, 6.07) is 8.08. The van der Waals surface area contributed by atoms with E-state index >= 15 is 0 Å². The van der Waals surface area contributed by atoms with E-state index in [0.717, 1.165) is 12.5 Å². The lowest BCUT2D eigenvalue weighted by Crippen LogP contribution is -2.41. The van der Waals surface area contributed by atoms with E-state index in [0.29, 0.717) is 20.4 Å². The number of carbonyl (C=O) groups excluding carboxylic acids is 1. The van der Waals surface area contributed by atoms with Gasteiger partial charge in [-0.2, -0.15) is 0 Å². The van der Waals surface area contributed by atoms with E-state index in [4.69, 9.17) is 14.2 Å². The fourth-order valence-corrected chi connectivity index (χ4v) is 4.38. The molecular formula is C23H29Br2O8P. The first-order chi connectivity index (χ1) is 15.4. The largest absolute Gasteiger partial charge is 0.508 e. The number of ether oxygens (including phenoxy) is 3. The second-order valence-electron chi connectivity index (χ2n) is 9.34. The molecule has 0 amide bonds. The molecule has 11 heteroatoms. The van der Waals surface area contributed by atoms with E-state index in [-0.39, 0.29) is 17.4 Å². The molecule has 0 aliphatic heterocycles. The lowest BCUT2D eigenvalue weighted by Gasteiger charge is -2.32. The number of rotatable bonds is 8. The van der Waals surface area contributed by atoms with Gasteiger partial charge in [0, 0.05) is 5.56 Å². The Morgan fingerprint density at radius 2 is 1.59 bits per heavy atom. The van der Waals surface area contributed by atoms with Crippen LogP contribution in [0.1, 0.15) is 53.0 Å².